The molecule has 6 nitrogen and oxygen atoms in total. The molecule has 0 amide bonds. The molecule has 2 rings (SSSR count). The molecule has 8 N–H and O–H groups in total. The minimum Gasteiger partial charge on any atom is -0.395 e. The lowest BCUT2D eigenvalue weighted by Gasteiger charge is -2.52. The molecule has 0 fully saturated rings. The van der Waals surface area contributed by atoms with E-state index in [0.29, 0.717) is 24.2 Å². The first-order chi connectivity index (χ1) is 18.5. The van der Waals surface area contributed by atoms with E-state index in [9.17, 15) is 20.4 Å². The van der Waals surface area contributed by atoms with Gasteiger partial charge in [-0.2, -0.15) is 0 Å². The van der Waals surface area contributed by atoms with Crippen molar-refractivity contribution in [3.8, 4) is 0 Å². The summed E-state index contributed by atoms with van der Waals surface area (Å²) < 4.78 is 0. The van der Waals surface area contributed by atoms with Crippen LogP contribution in [0.25, 0.3) is 0 Å². The van der Waals surface area contributed by atoms with E-state index in [0.717, 1.165) is 33.4 Å². The van der Waals surface area contributed by atoms with Crippen LogP contribution in [-0.2, 0) is 40.4 Å². The first kappa shape index (κ1) is 35.4. The summed E-state index contributed by atoms with van der Waals surface area (Å²) in [5, 5.41) is 47.1. The lowest BCUT2D eigenvalue weighted by Crippen LogP contribution is -2.57. The van der Waals surface area contributed by atoms with Gasteiger partial charge in [0.2, 0.25) is 0 Å². The highest BCUT2D eigenvalue weighted by Crippen LogP contribution is 2.55. The van der Waals surface area contributed by atoms with Crippen LogP contribution in [0.2, 0.25) is 0 Å². The monoisotopic (exact) mass is 570 g/mol. The third kappa shape index (κ3) is 6.43. The number of aliphatic hydroxyl groups excluding tert-OH is 3. The highest BCUT2D eigenvalue weighted by Gasteiger charge is 2.57. The van der Waals surface area contributed by atoms with Gasteiger partial charge < -0.3 is 31.9 Å². The van der Waals surface area contributed by atoms with Gasteiger partial charge in [-0.3, -0.25) is 0 Å². The highest BCUT2D eigenvalue weighted by atomic mass is 16.3. The van der Waals surface area contributed by atoms with Crippen molar-refractivity contribution in [2.75, 3.05) is 19.8 Å². The molecule has 0 spiro atoms. The topological polar surface area (TPSA) is 133 Å². The van der Waals surface area contributed by atoms with Crippen LogP contribution >= 0.6 is 0 Å². The van der Waals surface area contributed by atoms with Crippen molar-refractivity contribution in [3.63, 3.8) is 0 Å². The maximum absolute atomic E-state index is 13.8. The maximum Gasteiger partial charge on any atom is 0.128 e. The Hall–Kier alpha value is -1.80. The van der Waals surface area contributed by atoms with E-state index in [2.05, 4.69) is 83.1 Å². The SMILES string of the molecule is CC(C)(C)c1cc(CN)cc(C(C)(C)C)c1C(O)(c1c(C(C)(C)C)cc(CN)cc1C(C)(C)C)C(CO)(CO)CO. The fraction of sp³-hybridized carbons (Fsp3) is 0.657. The fourth-order valence-corrected chi connectivity index (χ4v) is 5.93. The Bertz CT molecular complexity index is 1050. The molecule has 2 aromatic rings. The summed E-state index contributed by atoms with van der Waals surface area (Å²) in [6.45, 7) is 23.8. The van der Waals surface area contributed by atoms with E-state index in [1.165, 1.54) is 0 Å². The van der Waals surface area contributed by atoms with Gasteiger partial charge in [-0.15, -0.1) is 0 Å². The van der Waals surface area contributed by atoms with Crippen LogP contribution in [0.3, 0.4) is 0 Å². The number of rotatable bonds is 8. The summed E-state index contributed by atoms with van der Waals surface area (Å²) >= 11 is 0. The average molecular weight is 571 g/mol. The number of benzene rings is 2. The van der Waals surface area contributed by atoms with Gasteiger partial charge in [-0.1, -0.05) is 107 Å². The summed E-state index contributed by atoms with van der Waals surface area (Å²) in [5.41, 5.74) is 13.3. The molecular weight excluding hydrogens is 512 g/mol. The summed E-state index contributed by atoms with van der Waals surface area (Å²) in [6, 6.07) is 8.14. The van der Waals surface area contributed by atoms with Crippen LogP contribution in [-0.4, -0.2) is 40.2 Å². The lowest BCUT2D eigenvalue weighted by atomic mass is 9.56. The molecule has 0 aliphatic rings. The minimum atomic E-state index is -2.01. The molecule has 0 saturated heterocycles. The molecule has 0 bridgehead atoms. The quantitative estimate of drug-likeness (QED) is 0.265. The second kappa shape index (κ2) is 11.7. The lowest BCUT2D eigenvalue weighted by molar-refractivity contribution is -0.138. The molecule has 0 atom stereocenters. The summed E-state index contributed by atoms with van der Waals surface area (Å²) in [7, 11) is 0. The summed E-state index contributed by atoms with van der Waals surface area (Å²) in [4.78, 5) is 0. The maximum atomic E-state index is 13.8. The van der Waals surface area contributed by atoms with Gasteiger partial charge in [0.05, 0.1) is 25.2 Å². The molecule has 6 heteroatoms. The fourth-order valence-electron chi connectivity index (χ4n) is 5.93. The van der Waals surface area contributed by atoms with E-state index in [4.69, 9.17) is 11.5 Å². The standard InChI is InChI=1S/C35H58N2O4/c1-30(2,3)24-13-22(17-36)14-25(31(4,5)6)28(24)35(41,34(19-38,20-39)21-40)29-26(32(7,8)9)15-23(18-37)16-27(29)33(10,11)12/h13-16,38-41H,17-21,36-37H2,1-12H3. The molecule has 0 saturated carbocycles. The van der Waals surface area contributed by atoms with Gasteiger partial charge >= 0.3 is 0 Å². The van der Waals surface area contributed by atoms with E-state index >= 15 is 0 Å². The van der Waals surface area contributed by atoms with Crippen molar-refractivity contribution in [1.82, 2.24) is 0 Å². The van der Waals surface area contributed by atoms with Gasteiger partial charge in [0.15, 0.2) is 0 Å². The third-order valence-electron chi connectivity index (χ3n) is 8.50. The van der Waals surface area contributed by atoms with Crippen molar-refractivity contribution < 1.29 is 20.4 Å². The van der Waals surface area contributed by atoms with Gasteiger partial charge in [0.1, 0.15) is 5.60 Å². The zero-order chi connectivity index (χ0) is 32.0. The molecule has 0 aromatic heterocycles. The third-order valence-corrected chi connectivity index (χ3v) is 8.50. The van der Waals surface area contributed by atoms with Crippen LogP contribution in [0.15, 0.2) is 24.3 Å². The Morgan fingerprint density at radius 1 is 0.488 bits per heavy atom. The van der Waals surface area contributed by atoms with Crippen LogP contribution in [0.4, 0.5) is 0 Å². The largest absolute Gasteiger partial charge is 0.395 e. The Morgan fingerprint density at radius 2 is 0.707 bits per heavy atom. The second-order valence-corrected chi connectivity index (χ2v) is 16.0. The summed E-state index contributed by atoms with van der Waals surface area (Å²) in [6.07, 6.45) is 0. The molecular formula is C35H58N2O4. The first-order valence-electron chi connectivity index (χ1n) is 14.8. The molecule has 0 aliphatic heterocycles. The van der Waals surface area contributed by atoms with Gasteiger partial charge in [-0.05, 0) is 66.2 Å². The zero-order valence-electron chi connectivity index (χ0n) is 27.8. The smallest absolute Gasteiger partial charge is 0.128 e. The van der Waals surface area contributed by atoms with Crippen LogP contribution < -0.4 is 11.5 Å². The predicted octanol–water partition coefficient (Wildman–Crippen LogP) is 4.99. The molecule has 232 valence electrons. The first-order valence-corrected chi connectivity index (χ1v) is 14.8. The van der Waals surface area contributed by atoms with E-state index in [1.807, 2.05) is 24.3 Å². The van der Waals surface area contributed by atoms with Crippen molar-refractivity contribution in [2.24, 2.45) is 16.9 Å². The van der Waals surface area contributed by atoms with Gasteiger partial charge in [0.25, 0.3) is 0 Å². The second-order valence-electron chi connectivity index (χ2n) is 16.0. The Labute approximate surface area is 249 Å². The van der Waals surface area contributed by atoms with Gasteiger partial charge in [0, 0.05) is 13.1 Å². The molecule has 0 radical (unpaired) electrons. The molecule has 2 aromatic carbocycles. The minimum absolute atomic E-state index is 0.321. The summed E-state index contributed by atoms with van der Waals surface area (Å²) in [5.74, 6) is 0. The van der Waals surface area contributed by atoms with Crippen molar-refractivity contribution in [1.29, 1.82) is 0 Å². The van der Waals surface area contributed by atoms with Crippen molar-refractivity contribution >= 4 is 0 Å². The van der Waals surface area contributed by atoms with Crippen LogP contribution in [0.1, 0.15) is 128 Å². The average Bonchev–Trinajstić information content (AvgIpc) is 2.86. The van der Waals surface area contributed by atoms with E-state index in [1.54, 1.807) is 0 Å². The van der Waals surface area contributed by atoms with E-state index in [-0.39, 0.29) is 0 Å². The van der Waals surface area contributed by atoms with Gasteiger partial charge in [-0.25, -0.2) is 0 Å². The molecule has 0 unspecified atom stereocenters. The van der Waals surface area contributed by atoms with Crippen LogP contribution in [0.5, 0.6) is 0 Å². The number of hydrogen-bond donors (Lipinski definition) is 6. The van der Waals surface area contributed by atoms with Crippen molar-refractivity contribution in [3.05, 3.63) is 68.8 Å². The molecule has 41 heavy (non-hydrogen) atoms. The zero-order valence-corrected chi connectivity index (χ0v) is 27.8. The Morgan fingerprint density at radius 3 is 0.854 bits per heavy atom. The van der Waals surface area contributed by atoms with Crippen LogP contribution in [0, 0.1) is 5.41 Å². The van der Waals surface area contributed by atoms with Crippen molar-refractivity contribution in [2.45, 2.75) is 123 Å². The highest BCUT2D eigenvalue weighted by molar-refractivity contribution is 5.60. The Kier molecular flexibility index (Phi) is 10.1. The number of nitrogens with two attached hydrogens (primary N) is 2. The number of aliphatic hydroxyl groups is 4. The van der Waals surface area contributed by atoms with E-state index < -0.39 is 52.5 Å². The normalized spacial score (nSPS) is 14.1. The predicted molar refractivity (Wildman–Crippen MR) is 170 cm³/mol. The Balaban J connectivity index is 3.60. The molecule has 0 aliphatic carbocycles. The molecule has 0 heterocycles. The number of hydrogen-bond acceptors (Lipinski definition) is 6.